The number of anilines is 1. The highest BCUT2D eigenvalue weighted by Gasteiger charge is 2.40. The van der Waals surface area contributed by atoms with Gasteiger partial charge in [0.05, 0.1) is 5.25 Å². The van der Waals surface area contributed by atoms with Gasteiger partial charge < -0.3 is 0 Å². The van der Waals surface area contributed by atoms with Gasteiger partial charge >= 0.3 is 0 Å². The molecular formula is C17H16ClNOS. The van der Waals surface area contributed by atoms with Crippen LogP contribution in [0.2, 0.25) is 5.02 Å². The highest BCUT2D eigenvalue weighted by molar-refractivity contribution is 8.01. The van der Waals surface area contributed by atoms with E-state index >= 15 is 0 Å². The van der Waals surface area contributed by atoms with Gasteiger partial charge in [-0.1, -0.05) is 41.9 Å². The SMILES string of the molecule is Cc1cccc(N2C(=O)C(C)SC2c2ccccc2Cl)c1. The van der Waals surface area contributed by atoms with Gasteiger partial charge in [-0.15, -0.1) is 11.8 Å². The molecule has 1 amide bonds. The number of carbonyl (C=O) groups excluding carboxylic acids is 1. The summed E-state index contributed by atoms with van der Waals surface area (Å²) >= 11 is 7.97. The lowest BCUT2D eigenvalue weighted by molar-refractivity contribution is -0.117. The van der Waals surface area contributed by atoms with Crippen LogP contribution >= 0.6 is 23.4 Å². The number of benzene rings is 2. The summed E-state index contributed by atoms with van der Waals surface area (Å²) in [5, 5.41) is 0.573. The van der Waals surface area contributed by atoms with Crippen LogP contribution in [0.25, 0.3) is 0 Å². The fraction of sp³-hybridized carbons (Fsp3) is 0.235. The van der Waals surface area contributed by atoms with E-state index in [-0.39, 0.29) is 16.5 Å². The van der Waals surface area contributed by atoms with Crippen molar-refractivity contribution in [2.45, 2.75) is 24.5 Å². The maximum atomic E-state index is 12.6. The van der Waals surface area contributed by atoms with Gasteiger partial charge in [0.2, 0.25) is 5.91 Å². The van der Waals surface area contributed by atoms with Crippen LogP contribution in [0.4, 0.5) is 5.69 Å². The van der Waals surface area contributed by atoms with Gasteiger partial charge in [-0.2, -0.15) is 0 Å². The van der Waals surface area contributed by atoms with Crippen LogP contribution in [0, 0.1) is 6.92 Å². The van der Waals surface area contributed by atoms with E-state index in [1.165, 1.54) is 0 Å². The zero-order valence-corrected chi connectivity index (χ0v) is 13.5. The molecule has 1 fully saturated rings. The van der Waals surface area contributed by atoms with E-state index in [0.29, 0.717) is 5.02 Å². The Morgan fingerprint density at radius 3 is 2.62 bits per heavy atom. The molecule has 0 radical (unpaired) electrons. The van der Waals surface area contributed by atoms with Crippen LogP contribution in [0.5, 0.6) is 0 Å². The van der Waals surface area contributed by atoms with E-state index in [1.54, 1.807) is 11.8 Å². The molecule has 0 N–H and O–H groups in total. The molecule has 2 atom stereocenters. The molecule has 2 aromatic rings. The topological polar surface area (TPSA) is 20.3 Å². The third kappa shape index (κ3) is 2.68. The fourth-order valence-corrected chi connectivity index (χ4v) is 4.17. The molecule has 0 spiro atoms. The number of carbonyl (C=O) groups is 1. The highest BCUT2D eigenvalue weighted by atomic mass is 35.5. The molecule has 4 heteroatoms. The molecule has 0 aromatic heterocycles. The summed E-state index contributed by atoms with van der Waals surface area (Å²) in [7, 11) is 0. The molecule has 0 saturated carbocycles. The van der Waals surface area contributed by atoms with Crippen molar-refractivity contribution in [2.75, 3.05) is 4.90 Å². The van der Waals surface area contributed by atoms with Crippen molar-refractivity contribution in [3.63, 3.8) is 0 Å². The summed E-state index contributed by atoms with van der Waals surface area (Å²) in [6.07, 6.45) is 0. The number of amides is 1. The Hall–Kier alpha value is -1.45. The molecule has 3 rings (SSSR count). The summed E-state index contributed by atoms with van der Waals surface area (Å²) < 4.78 is 0. The second-order valence-corrected chi connectivity index (χ2v) is 7.03. The minimum atomic E-state index is -0.0667. The summed E-state index contributed by atoms with van der Waals surface area (Å²) in [6.45, 7) is 3.98. The van der Waals surface area contributed by atoms with Crippen molar-refractivity contribution in [1.82, 2.24) is 0 Å². The Bertz CT molecular complexity index is 688. The monoisotopic (exact) mass is 317 g/mol. The number of nitrogens with zero attached hydrogens (tertiary/aromatic N) is 1. The average molecular weight is 318 g/mol. The van der Waals surface area contributed by atoms with Crippen molar-refractivity contribution in [1.29, 1.82) is 0 Å². The van der Waals surface area contributed by atoms with E-state index in [1.807, 2.05) is 67.3 Å². The van der Waals surface area contributed by atoms with E-state index in [0.717, 1.165) is 16.8 Å². The first kappa shape index (κ1) is 14.5. The van der Waals surface area contributed by atoms with Gasteiger partial charge in [0, 0.05) is 16.3 Å². The third-order valence-electron chi connectivity index (χ3n) is 3.60. The van der Waals surface area contributed by atoms with Crippen LogP contribution < -0.4 is 4.90 Å². The predicted molar refractivity (Wildman–Crippen MR) is 89.9 cm³/mol. The summed E-state index contributed by atoms with van der Waals surface area (Å²) in [4.78, 5) is 14.4. The maximum Gasteiger partial charge on any atom is 0.241 e. The molecular weight excluding hydrogens is 302 g/mol. The van der Waals surface area contributed by atoms with Crippen LogP contribution in [0.1, 0.15) is 23.4 Å². The zero-order chi connectivity index (χ0) is 15.0. The lowest BCUT2D eigenvalue weighted by atomic mass is 10.1. The number of aryl methyl sites for hydroxylation is 1. The van der Waals surface area contributed by atoms with E-state index in [2.05, 4.69) is 0 Å². The number of hydrogen-bond donors (Lipinski definition) is 0. The van der Waals surface area contributed by atoms with E-state index in [4.69, 9.17) is 11.6 Å². The Labute approximate surface area is 134 Å². The quantitative estimate of drug-likeness (QED) is 0.791. The van der Waals surface area contributed by atoms with Crippen LogP contribution in [0.3, 0.4) is 0 Å². The Kier molecular flexibility index (Phi) is 3.96. The number of thioether (sulfide) groups is 1. The molecule has 2 aromatic carbocycles. The van der Waals surface area contributed by atoms with E-state index < -0.39 is 0 Å². The number of rotatable bonds is 2. The molecule has 108 valence electrons. The number of halogens is 1. The van der Waals surface area contributed by atoms with Gasteiger partial charge in [0.15, 0.2) is 0 Å². The number of hydrogen-bond acceptors (Lipinski definition) is 2. The van der Waals surface area contributed by atoms with Crippen molar-refractivity contribution in [2.24, 2.45) is 0 Å². The molecule has 1 heterocycles. The molecule has 0 aliphatic carbocycles. The molecule has 1 saturated heterocycles. The van der Waals surface area contributed by atoms with Crippen LogP contribution in [0.15, 0.2) is 48.5 Å². The largest absolute Gasteiger partial charge is 0.295 e. The van der Waals surface area contributed by atoms with Gasteiger partial charge in [-0.3, -0.25) is 9.69 Å². The molecule has 2 unspecified atom stereocenters. The zero-order valence-electron chi connectivity index (χ0n) is 11.9. The van der Waals surface area contributed by atoms with Crippen LogP contribution in [-0.4, -0.2) is 11.2 Å². The summed E-state index contributed by atoms with van der Waals surface area (Å²) in [5.41, 5.74) is 3.06. The molecule has 2 nitrogen and oxygen atoms in total. The minimum Gasteiger partial charge on any atom is -0.295 e. The second kappa shape index (κ2) is 5.74. The Balaban J connectivity index is 2.07. The Morgan fingerprint density at radius 1 is 1.14 bits per heavy atom. The second-order valence-electron chi connectivity index (χ2n) is 5.20. The maximum absolute atomic E-state index is 12.6. The average Bonchev–Trinajstić information content (AvgIpc) is 2.75. The lowest BCUT2D eigenvalue weighted by Crippen LogP contribution is -2.30. The smallest absolute Gasteiger partial charge is 0.241 e. The third-order valence-corrected chi connectivity index (χ3v) is 5.28. The van der Waals surface area contributed by atoms with Gasteiger partial charge in [0.1, 0.15) is 5.37 Å². The summed E-state index contributed by atoms with van der Waals surface area (Å²) in [6, 6.07) is 15.8. The van der Waals surface area contributed by atoms with E-state index in [9.17, 15) is 4.79 Å². The van der Waals surface area contributed by atoms with Crippen molar-refractivity contribution in [3.05, 3.63) is 64.7 Å². The fourth-order valence-electron chi connectivity index (χ4n) is 2.55. The first-order valence-corrected chi connectivity index (χ1v) is 8.19. The predicted octanol–water partition coefficient (Wildman–Crippen LogP) is 4.82. The summed E-state index contributed by atoms with van der Waals surface area (Å²) in [5.74, 6) is 0.135. The van der Waals surface area contributed by atoms with Crippen molar-refractivity contribution < 1.29 is 4.79 Å². The van der Waals surface area contributed by atoms with Gasteiger partial charge in [-0.25, -0.2) is 0 Å². The first-order valence-electron chi connectivity index (χ1n) is 6.87. The standard InChI is InChI=1S/C17H16ClNOS/c1-11-6-5-7-13(10-11)19-16(20)12(2)21-17(19)14-8-3-4-9-15(14)18/h3-10,12,17H,1-2H3. The molecule has 0 bridgehead atoms. The molecule has 21 heavy (non-hydrogen) atoms. The normalized spacial score (nSPS) is 21.9. The van der Waals surface area contributed by atoms with Gasteiger partial charge in [-0.05, 0) is 37.6 Å². The van der Waals surface area contributed by atoms with Gasteiger partial charge in [0.25, 0.3) is 0 Å². The first-order chi connectivity index (χ1) is 10.1. The molecule has 1 aliphatic heterocycles. The van der Waals surface area contributed by atoms with Crippen LogP contribution in [-0.2, 0) is 4.79 Å². The minimum absolute atomic E-state index is 0.0632. The Morgan fingerprint density at radius 2 is 1.90 bits per heavy atom. The molecule has 1 aliphatic rings. The lowest BCUT2D eigenvalue weighted by Gasteiger charge is -2.25. The van der Waals surface area contributed by atoms with Crippen molar-refractivity contribution >= 4 is 35.0 Å². The highest BCUT2D eigenvalue weighted by Crippen LogP contribution is 2.47. The van der Waals surface area contributed by atoms with Crippen molar-refractivity contribution in [3.8, 4) is 0 Å².